The first-order valence-corrected chi connectivity index (χ1v) is 4.50. The molecule has 0 saturated carbocycles. The van der Waals surface area contributed by atoms with Crippen LogP contribution in [0.4, 0.5) is 0 Å². The van der Waals surface area contributed by atoms with E-state index in [0.29, 0.717) is 16.7 Å². The van der Waals surface area contributed by atoms with Crippen LogP contribution in [0.2, 0.25) is 0 Å². The van der Waals surface area contributed by atoms with Gasteiger partial charge in [0.15, 0.2) is 11.4 Å². The van der Waals surface area contributed by atoms with Gasteiger partial charge in [0.05, 0.1) is 0 Å². The quantitative estimate of drug-likeness (QED) is 0.811. The summed E-state index contributed by atoms with van der Waals surface area (Å²) in [6.45, 7) is 6.69. The van der Waals surface area contributed by atoms with E-state index in [2.05, 4.69) is 11.6 Å². The van der Waals surface area contributed by atoms with Gasteiger partial charge in [-0.25, -0.2) is 14.6 Å². The number of carbonyl (C=O) groups is 2. The number of pyridine rings is 1. The molecule has 0 aliphatic heterocycles. The van der Waals surface area contributed by atoms with E-state index >= 15 is 0 Å². The zero-order valence-corrected chi connectivity index (χ0v) is 8.94. The van der Waals surface area contributed by atoms with Gasteiger partial charge in [0.25, 0.3) is 0 Å². The first-order chi connectivity index (χ1) is 7.40. The molecule has 84 valence electrons. The minimum Gasteiger partial charge on any atom is -0.477 e. The lowest BCUT2D eigenvalue weighted by molar-refractivity contribution is 0.0684. The van der Waals surface area contributed by atoms with Crippen molar-refractivity contribution in [1.82, 2.24) is 4.98 Å². The molecule has 1 heterocycles. The van der Waals surface area contributed by atoms with Gasteiger partial charge in [-0.15, -0.1) is 0 Å². The summed E-state index contributed by atoms with van der Waals surface area (Å²) in [6, 6.07) is 0. The topological polar surface area (TPSA) is 87.5 Å². The third kappa shape index (κ3) is 1.79. The molecule has 0 aromatic carbocycles. The van der Waals surface area contributed by atoms with Crippen molar-refractivity contribution in [1.29, 1.82) is 0 Å². The number of hydrogen-bond donors (Lipinski definition) is 2. The van der Waals surface area contributed by atoms with E-state index in [1.54, 1.807) is 13.8 Å². The molecule has 1 rings (SSSR count). The Morgan fingerprint density at radius 3 is 1.75 bits per heavy atom. The van der Waals surface area contributed by atoms with Crippen LogP contribution >= 0.6 is 0 Å². The van der Waals surface area contributed by atoms with E-state index in [4.69, 9.17) is 10.2 Å². The fraction of sp³-hybridized carbons (Fsp3) is 0.182. The standard InChI is InChI=1S/C11H11NO4/c1-4-7-5(2)8(10(13)14)12-9(6(7)3)11(15)16/h4H,1H2,2-3H3,(H,13,14)(H,15,16). The highest BCUT2D eigenvalue weighted by Crippen LogP contribution is 2.20. The second-order valence-electron chi connectivity index (χ2n) is 3.29. The molecule has 5 heteroatoms. The molecule has 0 atom stereocenters. The zero-order valence-electron chi connectivity index (χ0n) is 8.94. The lowest BCUT2D eigenvalue weighted by Gasteiger charge is -2.10. The Morgan fingerprint density at radius 1 is 1.12 bits per heavy atom. The summed E-state index contributed by atoms with van der Waals surface area (Å²) in [7, 11) is 0. The molecule has 0 unspecified atom stereocenters. The molecule has 2 N–H and O–H groups in total. The highest BCUT2D eigenvalue weighted by atomic mass is 16.4. The van der Waals surface area contributed by atoms with Gasteiger partial charge in [-0.1, -0.05) is 12.7 Å². The maximum atomic E-state index is 10.9. The molecule has 0 amide bonds. The Morgan fingerprint density at radius 2 is 1.50 bits per heavy atom. The number of rotatable bonds is 3. The van der Waals surface area contributed by atoms with E-state index in [9.17, 15) is 9.59 Å². The maximum Gasteiger partial charge on any atom is 0.354 e. The largest absolute Gasteiger partial charge is 0.477 e. The summed E-state index contributed by atoms with van der Waals surface area (Å²) in [5, 5.41) is 17.8. The number of carboxylic acids is 2. The van der Waals surface area contributed by atoms with Crippen molar-refractivity contribution in [3.05, 3.63) is 34.7 Å². The number of carboxylic acid groups (broad SMARTS) is 2. The molecule has 0 saturated heterocycles. The lowest BCUT2D eigenvalue weighted by Crippen LogP contribution is -2.13. The van der Waals surface area contributed by atoms with Crippen LogP contribution in [-0.2, 0) is 0 Å². The lowest BCUT2D eigenvalue weighted by atomic mass is 10.00. The molecule has 0 fully saturated rings. The normalized spacial score (nSPS) is 9.88. The molecule has 1 aromatic heterocycles. The van der Waals surface area contributed by atoms with Crippen molar-refractivity contribution in [2.24, 2.45) is 0 Å². The number of hydrogen-bond acceptors (Lipinski definition) is 3. The molecule has 0 aliphatic rings. The monoisotopic (exact) mass is 221 g/mol. The van der Waals surface area contributed by atoms with Crippen molar-refractivity contribution in [3.8, 4) is 0 Å². The Labute approximate surface area is 92.1 Å². The van der Waals surface area contributed by atoms with Crippen LogP contribution in [0, 0.1) is 13.8 Å². The summed E-state index contributed by atoms with van der Waals surface area (Å²) < 4.78 is 0. The summed E-state index contributed by atoms with van der Waals surface area (Å²) in [4.78, 5) is 25.4. The smallest absolute Gasteiger partial charge is 0.354 e. The predicted octanol–water partition coefficient (Wildman–Crippen LogP) is 1.74. The Hall–Kier alpha value is -2.17. The molecule has 1 aromatic rings. The summed E-state index contributed by atoms with van der Waals surface area (Å²) in [6.07, 6.45) is 1.44. The Balaban J connectivity index is 3.69. The Kier molecular flexibility index (Phi) is 3.08. The van der Waals surface area contributed by atoms with Crippen LogP contribution in [0.15, 0.2) is 6.58 Å². The minimum atomic E-state index is -1.25. The molecule has 5 nitrogen and oxygen atoms in total. The minimum absolute atomic E-state index is 0.252. The van der Waals surface area contributed by atoms with Crippen molar-refractivity contribution < 1.29 is 19.8 Å². The van der Waals surface area contributed by atoms with E-state index in [0.717, 1.165) is 0 Å². The van der Waals surface area contributed by atoms with Crippen LogP contribution in [-0.4, -0.2) is 27.1 Å². The van der Waals surface area contributed by atoms with Gasteiger partial charge in [-0.2, -0.15) is 0 Å². The fourth-order valence-corrected chi connectivity index (χ4v) is 1.54. The van der Waals surface area contributed by atoms with Gasteiger partial charge in [-0.05, 0) is 30.5 Å². The molecule has 0 bridgehead atoms. The van der Waals surface area contributed by atoms with Gasteiger partial charge in [-0.3, -0.25) is 0 Å². The van der Waals surface area contributed by atoms with Crippen molar-refractivity contribution in [2.75, 3.05) is 0 Å². The third-order valence-electron chi connectivity index (χ3n) is 2.35. The predicted molar refractivity (Wildman–Crippen MR) is 57.7 cm³/mol. The number of aromatic carboxylic acids is 2. The van der Waals surface area contributed by atoms with E-state index in [1.807, 2.05) is 0 Å². The van der Waals surface area contributed by atoms with Crippen molar-refractivity contribution >= 4 is 18.0 Å². The van der Waals surface area contributed by atoms with Crippen LogP contribution in [0.5, 0.6) is 0 Å². The van der Waals surface area contributed by atoms with Crippen LogP contribution in [0.25, 0.3) is 6.08 Å². The maximum absolute atomic E-state index is 10.9. The number of nitrogens with zero attached hydrogens (tertiary/aromatic N) is 1. The van der Waals surface area contributed by atoms with Gasteiger partial charge in [0, 0.05) is 0 Å². The fourth-order valence-electron chi connectivity index (χ4n) is 1.54. The third-order valence-corrected chi connectivity index (χ3v) is 2.35. The van der Waals surface area contributed by atoms with Crippen LogP contribution < -0.4 is 0 Å². The average molecular weight is 221 g/mol. The van der Waals surface area contributed by atoms with E-state index < -0.39 is 11.9 Å². The molecule has 16 heavy (non-hydrogen) atoms. The highest BCUT2D eigenvalue weighted by molar-refractivity contribution is 5.94. The van der Waals surface area contributed by atoms with Gasteiger partial charge >= 0.3 is 11.9 Å². The summed E-state index contributed by atoms with van der Waals surface area (Å²) in [5.41, 5.74) is 0.843. The first kappa shape index (κ1) is 11.9. The zero-order chi connectivity index (χ0) is 12.5. The van der Waals surface area contributed by atoms with Crippen LogP contribution in [0.1, 0.15) is 37.7 Å². The highest BCUT2D eigenvalue weighted by Gasteiger charge is 2.20. The van der Waals surface area contributed by atoms with Gasteiger partial charge in [0.2, 0.25) is 0 Å². The molecular formula is C11H11NO4. The molecule has 0 aliphatic carbocycles. The molecule has 0 radical (unpaired) electrons. The summed E-state index contributed by atoms with van der Waals surface area (Å²) >= 11 is 0. The first-order valence-electron chi connectivity index (χ1n) is 4.50. The molecular weight excluding hydrogens is 210 g/mol. The van der Waals surface area contributed by atoms with Crippen molar-refractivity contribution in [3.63, 3.8) is 0 Å². The number of aromatic nitrogens is 1. The summed E-state index contributed by atoms with van der Waals surface area (Å²) in [5.74, 6) is -2.49. The van der Waals surface area contributed by atoms with Crippen molar-refractivity contribution in [2.45, 2.75) is 13.8 Å². The second-order valence-corrected chi connectivity index (χ2v) is 3.29. The second kappa shape index (κ2) is 4.14. The van der Waals surface area contributed by atoms with Crippen LogP contribution in [0.3, 0.4) is 0 Å². The van der Waals surface area contributed by atoms with Gasteiger partial charge < -0.3 is 10.2 Å². The average Bonchev–Trinajstić information content (AvgIpc) is 2.17. The van der Waals surface area contributed by atoms with E-state index in [-0.39, 0.29) is 11.4 Å². The Bertz CT molecular complexity index is 453. The van der Waals surface area contributed by atoms with Gasteiger partial charge in [0.1, 0.15) is 0 Å². The van der Waals surface area contributed by atoms with E-state index in [1.165, 1.54) is 6.08 Å². The molecule has 0 spiro atoms. The SMILES string of the molecule is C=Cc1c(C)c(C(=O)O)nc(C(=O)O)c1C.